The SMILES string of the molecule is C1=c2ccccc2=CC(n2c3c(c4c5c6ccccc6n(-c6ccccc6)c5ccc42)=CCCC=3)C1. The maximum absolute atomic E-state index is 2.61. The van der Waals surface area contributed by atoms with Crippen molar-refractivity contribution in [3.05, 3.63) is 112 Å². The van der Waals surface area contributed by atoms with Crippen LogP contribution in [0.15, 0.2) is 91.0 Å². The van der Waals surface area contributed by atoms with E-state index in [1.807, 2.05) is 0 Å². The van der Waals surface area contributed by atoms with Crippen molar-refractivity contribution >= 4 is 57.0 Å². The molecule has 1 atom stereocenters. The van der Waals surface area contributed by atoms with Crippen molar-refractivity contribution in [2.45, 2.75) is 25.3 Å². The fraction of sp³-hybridized carbons (Fsp3) is 0.118. The summed E-state index contributed by atoms with van der Waals surface area (Å²) < 4.78 is 5.04. The predicted molar refractivity (Wildman–Crippen MR) is 152 cm³/mol. The molecular formula is C34H26N2. The molecular weight excluding hydrogens is 436 g/mol. The van der Waals surface area contributed by atoms with Gasteiger partial charge in [-0.1, -0.05) is 85.0 Å². The Morgan fingerprint density at radius 3 is 2.25 bits per heavy atom. The largest absolute Gasteiger partial charge is 0.333 e. The van der Waals surface area contributed by atoms with Gasteiger partial charge in [0.1, 0.15) is 0 Å². The van der Waals surface area contributed by atoms with Crippen molar-refractivity contribution in [2.75, 3.05) is 0 Å². The number of hydrogen-bond acceptors (Lipinski definition) is 0. The molecule has 2 heterocycles. The van der Waals surface area contributed by atoms with E-state index in [0.29, 0.717) is 6.04 Å². The number of hydrogen-bond donors (Lipinski definition) is 0. The molecule has 36 heavy (non-hydrogen) atoms. The lowest BCUT2D eigenvalue weighted by atomic mass is 10.0. The highest BCUT2D eigenvalue weighted by atomic mass is 15.0. The van der Waals surface area contributed by atoms with Crippen molar-refractivity contribution in [3.8, 4) is 5.69 Å². The van der Waals surface area contributed by atoms with Crippen LogP contribution in [0.1, 0.15) is 25.3 Å². The van der Waals surface area contributed by atoms with Gasteiger partial charge in [0.25, 0.3) is 0 Å². The van der Waals surface area contributed by atoms with Crippen LogP contribution >= 0.6 is 0 Å². The lowest BCUT2D eigenvalue weighted by Crippen LogP contribution is -2.36. The summed E-state index contributed by atoms with van der Waals surface area (Å²) in [4.78, 5) is 0. The zero-order valence-corrected chi connectivity index (χ0v) is 20.1. The van der Waals surface area contributed by atoms with Gasteiger partial charge in [-0.3, -0.25) is 0 Å². The number of aromatic nitrogens is 2. The first-order valence-electron chi connectivity index (χ1n) is 13.0. The molecule has 172 valence electrons. The van der Waals surface area contributed by atoms with E-state index in [1.54, 1.807) is 0 Å². The van der Waals surface area contributed by atoms with Gasteiger partial charge in [0, 0.05) is 32.4 Å². The summed E-state index contributed by atoms with van der Waals surface area (Å²) in [5.74, 6) is 0. The van der Waals surface area contributed by atoms with E-state index in [2.05, 4.69) is 124 Å². The van der Waals surface area contributed by atoms with Crippen LogP contribution in [0.5, 0.6) is 0 Å². The molecule has 1 unspecified atom stereocenters. The third kappa shape index (κ3) is 2.73. The lowest BCUT2D eigenvalue weighted by Gasteiger charge is -2.19. The summed E-state index contributed by atoms with van der Waals surface area (Å²) in [5.41, 5.74) is 5.09. The normalized spacial score (nSPS) is 16.6. The molecule has 0 saturated heterocycles. The Bertz CT molecular complexity index is 2070. The Morgan fingerprint density at radius 2 is 1.33 bits per heavy atom. The number of benzene rings is 4. The van der Waals surface area contributed by atoms with E-state index < -0.39 is 0 Å². The van der Waals surface area contributed by atoms with Gasteiger partial charge in [-0.15, -0.1) is 0 Å². The van der Waals surface area contributed by atoms with Gasteiger partial charge < -0.3 is 9.13 Å². The molecule has 2 aliphatic rings. The number of fused-ring (bicyclic) bond motifs is 8. The van der Waals surface area contributed by atoms with Gasteiger partial charge in [0.2, 0.25) is 0 Å². The van der Waals surface area contributed by atoms with Gasteiger partial charge in [-0.25, -0.2) is 0 Å². The smallest absolute Gasteiger partial charge is 0.0566 e. The molecule has 0 N–H and O–H groups in total. The highest BCUT2D eigenvalue weighted by Gasteiger charge is 2.21. The zero-order chi connectivity index (χ0) is 23.6. The monoisotopic (exact) mass is 462 g/mol. The predicted octanol–water partition coefficient (Wildman–Crippen LogP) is 5.30. The molecule has 2 nitrogen and oxygen atoms in total. The summed E-state index contributed by atoms with van der Waals surface area (Å²) in [7, 11) is 0. The molecule has 0 radical (unpaired) electrons. The van der Waals surface area contributed by atoms with Gasteiger partial charge in [0.15, 0.2) is 0 Å². The van der Waals surface area contributed by atoms with Crippen molar-refractivity contribution in [1.29, 1.82) is 0 Å². The number of rotatable bonds is 2. The average molecular weight is 463 g/mol. The Kier molecular flexibility index (Phi) is 4.21. The summed E-state index contributed by atoms with van der Waals surface area (Å²) in [5, 5.41) is 9.57. The summed E-state index contributed by atoms with van der Waals surface area (Å²) in [6.45, 7) is 0. The van der Waals surface area contributed by atoms with E-state index in [9.17, 15) is 0 Å². The van der Waals surface area contributed by atoms with Crippen molar-refractivity contribution < 1.29 is 0 Å². The average Bonchev–Trinajstić information content (AvgIpc) is 3.46. The maximum atomic E-state index is 2.61. The van der Waals surface area contributed by atoms with Crippen LogP contribution in [-0.4, -0.2) is 9.13 Å². The molecule has 0 spiro atoms. The fourth-order valence-corrected chi connectivity index (χ4v) is 6.54. The van der Waals surface area contributed by atoms with Crippen LogP contribution < -0.4 is 21.0 Å². The summed E-state index contributed by atoms with van der Waals surface area (Å²) in [6.07, 6.45) is 13.0. The van der Waals surface area contributed by atoms with Gasteiger partial charge in [-0.2, -0.15) is 0 Å². The zero-order valence-electron chi connectivity index (χ0n) is 20.1. The Morgan fingerprint density at radius 1 is 0.583 bits per heavy atom. The topological polar surface area (TPSA) is 9.86 Å². The minimum Gasteiger partial charge on any atom is -0.333 e. The first kappa shape index (κ1) is 19.9. The molecule has 0 bridgehead atoms. The standard InChI is InChI=1S/C34H26N2/c1-2-12-25(13-3-1)35-29-16-8-6-14-27(29)33-31(35)20-21-32-34(33)28-15-7-9-17-30(28)36(32)26-19-18-23-10-4-5-11-24(23)22-26/h1-6,8,10-18,20-22,26H,7,9,19H2. The number of nitrogens with zero attached hydrogens (tertiary/aromatic N) is 2. The van der Waals surface area contributed by atoms with Crippen LogP contribution in [0, 0.1) is 0 Å². The van der Waals surface area contributed by atoms with Crippen molar-refractivity contribution in [1.82, 2.24) is 9.13 Å². The van der Waals surface area contributed by atoms with E-state index in [4.69, 9.17) is 0 Å². The van der Waals surface area contributed by atoms with Gasteiger partial charge in [-0.05, 0) is 60.0 Å². The minimum absolute atomic E-state index is 0.314. The van der Waals surface area contributed by atoms with E-state index in [1.165, 1.54) is 59.4 Å². The first-order valence-corrected chi connectivity index (χ1v) is 13.0. The molecule has 0 amide bonds. The molecule has 2 heteroatoms. The van der Waals surface area contributed by atoms with E-state index in [-0.39, 0.29) is 0 Å². The number of para-hydroxylation sites is 2. The van der Waals surface area contributed by atoms with Crippen LogP contribution in [-0.2, 0) is 0 Å². The molecule has 8 rings (SSSR count). The summed E-state index contributed by atoms with van der Waals surface area (Å²) in [6, 6.07) is 33.4. The third-order valence-corrected chi connectivity index (χ3v) is 8.03. The van der Waals surface area contributed by atoms with Crippen LogP contribution in [0.2, 0.25) is 0 Å². The fourth-order valence-electron chi connectivity index (χ4n) is 6.54. The van der Waals surface area contributed by atoms with Gasteiger partial charge in [0.05, 0.1) is 22.6 Å². The van der Waals surface area contributed by atoms with Crippen LogP contribution in [0.3, 0.4) is 0 Å². The Hall–Kier alpha value is -4.30. The maximum Gasteiger partial charge on any atom is 0.0566 e. The highest BCUT2D eigenvalue weighted by molar-refractivity contribution is 6.21. The second kappa shape index (κ2) is 7.60. The molecule has 0 aliphatic heterocycles. The third-order valence-electron chi connectivity index (χ3n) is 8.03. The minimum atomic E-state index is 0.314. The highest BCUT2D eigenvalue weighted by Crippen LogP contribution is 2.36. The van der Waals surface area contributed by atoms with Crippen LogP contribution in [0.25, 0.3) is 62.7 Å². The molecule has 4 aromatic carbocycles. The second-order valence-corrected chi connectivity index (χ2v) is 10.00. The van der Waals surface area contributed by atoms with Gasteiger partial charge >= 0.3 is 0 Å². The quantitative estimate of drug-likeness (QED) is 0.331. The Balaban J connectivity index is 1.53. The summed E-state index contributed by atoms with van der Waals surface area (Å²) >= 11 is 0. The van der Waals surface area contributed by atoms with E-state index in [0.717, 1.165) is 19.3 Å². The Labute approximate surface area is 209 Å². The second-order valence-electron chi connectivity index (χ2n) is 10.00. The van der Waals surface area contributed by atoms with E-state index >= 15 is 0 Å². The first-order chi connectivity index (χ1) is 17.9. The van der Waals surface area contributed by atoms with Crippen molar-refractivity contribution in [2.24, 2.45) is 0 Å². The lowest BCUT2D eigenvalue weighted by molar-refractivity contribution is 0.653. The molecule has 2 aromatic heterocycles. The van der Waals surface area contributed by atoms with Crippen molar-refractivity contribution in [3.63, 3.8) is 0 Å². The molecule has 0 fully saturated rings. The van der Waals surface area contributed by atoms with Crippen LogP contribution in [0.4, 0.5) is 0 Å². The molecule has 6 aromatic rings. The molecule has 0 saturated carbocycles. The molecule has 2 aliphatic carbocycles.